The number of furan rings is 1. The van der Waals surface area contributed by atoms with Crippen LogP contribution in [0.5, 0.6) is 0 Å². The molecule has 3 rings (SSSR count). The number of rotatable bonds is 6. The fourth-order valence-electron chi connectivity index (χ4n) is 3.20. The van der Waals surface area contributed by atoms with E-state index in [2.05, 4.69) is 5.32 Å². The lowest BCUT2D eigenvalue weighted by molar-refractivity contribution is -0.117. The van der Waals surface area contributed by atoms with Gasteiger partial charge in [-0.25, -0.2) is 4.79 Å². The summed E-state index contributed by atoms with van der Waals surface area (Å²) in [4.78, 5) is 24.2. The molecule has 2 heterocycles. The minimum absolute atomic E-state index is 0.00915. The molecule has 0 radical (unpaired) electrons. The van der Waals surface area contributed by atoms with Gasteiger partial charge in [-0.15, -0.1) is 0 Å². The van der Waals surface area contributed by atoms with Crippen LogP contribution in [0.1, 0.15) is 33.1 Å². The molecule has 0 aliphatic heterocycles. The summed E-state index contributed by atoms with van der Waals surface area (Å²) < 4.78 is 11.9. The minimum Gasteiger partial charge on any atom is -0.467 e. The normalized spacial score (nSPS) is 11.1. The number of aryl methyl sites for hydroxylation is 1. The molecule has 3 aromatic rings. The Labute approximate surface area is 174 Å². The Morgan fingerprint density at radius 3 is 2.70 bits per heavy atom. The maximum Gasteiger partial charge on any atom is 0.337 e. The van der Waals surface area contributed by atoms with Gasteiger partial charge in [0.1, 0.15) is 17.4 Å². The molecular weight excluding hydrogens is 382 g/mol. The van der Waals surface area contributed by atoms with Gasteiger partial charge in [-0.2, -0.15) is 5.26 Å². The number of methoxy groups -OCH3 is 1. The zero-order chi connectivity index (χ0) is 21.7. The molecule has 1 aromatic carbocycles. The summed E-state index contributed by atoms with van der Waals surface area (Å²) in [5, 5.41) is 12.1. The van der Waals surface area contributed by atoms with Gasteiger partial charge in [-0.1, -0.05) is 6.07 Å². The first-order chi connectivity index (χ1) is 14.4. The van der Waals surface area contributed by atoms with Gasteiger partial charge < -0.3 is 19.0 Å². The number of aromatic nitrogens is 1. The average molecular weight is 403 g/mol. The van der Waals surface area contributed by atoms with E-state index in [1.54, 1.807) is 36.4 Å². The van der Waals surface area contributed by atoms with E-state index >= 15 is 0 Å². The summed E-state index contributed by atoms with van der Waals surface area (Å²) in [6.45, 7) is 4.00. The monoisotopic (exact) mass is 403 g/mol. The van der Waals surface area contributed by atoms with Gasteiger partial charge in [0.05, 0.1) is 25.5 Å². The summed E-state index contributed by atoms with van der Waals surface area (Å²) in [5.41, 5.74) is 3.68. The van der Waals surface area contributed by atoms with Crippen molar-refractivity contribution in [2.45, 2.75) is 20.4 Å². The van der Waals surface area contributed by atoms with Gasteiger partial charge in [-0.3, -0.25) is 4.79 Å². The molecule has 0 spiro atoms. The van der Waals surface area contributed by atoms with Crippen molar-refractivity contribution in [2.75, 3.05) is 7.11 Å². The highest BCUT2D eigenvalue weighted by atomic mass is 16.5. The third kappa shape index (κ3) is 4.33. The van der Waals surface area contributed by atoms with Crippen LogP contribution in [-0.4, -0.2) is 23.6 Å². The standard InChI is InChI=1S/C23H21N3O4/c1-15-10-18(11-19(13-24)22(27)25-14-21-8-5-9-30-21)16(2)26(15)20-7-4-6-17(12-20)23(28)29-3/h4-12H,14H2,1-3H3,(H,25,27). The number of nitriles is 1. The summed E-state index contributed by atoms with van der Waals surface area (Å²) in [6, 6.07) is 14.4. The topological polar surface area (TPSA) is 97.3 Å². The van der Waals surface area contributed by atoms with Crippen LogP contribution in [0.15, 0.2) is 58.7 Å². The molecule has 0 aliphatic rings. The number of ether oxygens (including phenoxy) is 1. The lowest BCUT2D eigenvalue weighted by Gasteiger charge is -2.11. The summed E-state index contributed by atoms with van der Waals surface area (Å²) in [7, 11) is 1.34. The van der Waals surface area contributed by atoms with E-state index in [1.165, 1.54) is 13.4 Å². The molecule has 7 heteroatoms. The van der Waals surface area contributed by atoms with E-state index in [-0.39, 0.29) is 12.1 Å². The predicted molar refractivity (Wildman–Crippen MR) is 111 cm³/mol. The maximum atomic E-state index is 12.4. The van der Waals surface area contributed by atoms with Crippen LogP contribution in [0.3, 0.4) is 0 Å². The third-order valence-corrected chi connectivity index (χ3v) is 4.66. The molecule has 0 aliphatic carbocycles. The van der Waals surface area contributed by atoms with Crippen LogP contribution in [0, 0.1) is 25.2 Å². The lowest BCUT2D eigenvalue weighted by Crippen LogP contribution is -2.23. The zero-order valence-electron chi connectivity index (χ0n) is 16.9. The molecule has 7 nitrogen and oxygen atoms in total. The number of hydrogen-bond acceptors (Lipinski definition) is 5. The minimum atomic E-state index is -0.480. The number of nitrogens with zero attached hydrogens (tertiary/aromatic N) is 2. The summed E-state index contributed by atoms with van der Waals surface area (Å²) >= 11 is 0. The number of esters is 1. The maximum absolute atomic E-state index is 12.4. The number of hydrogen-bond donors (Lipinski definition) is 1. The van der Waals surface area contributed by atoms with Crippen molar-refractivity contribution in [3.8, 4) is 11.8 Å². The molecule has 30 heavy (non-hydrogen) atoms. The van der Waals surface area contributed by atoms with Crippen molar-refractivity contribution in [3.63, 3.8) is 0 Å². The molecule has 0 unspecified atom stereocenters. The fourth-order valence-corrected chi connectivity index (χ4v) is 3.20. The first-order valence-electron chi connectivity index (χ1n) is 9.24. The summed E-state index contributed by atoms with van der Waals surface area (Å²) in [6.07, 6.45) is 3.08. The number of benzene rings is 1. The van der Waals surface area contributed by atoms with Crippen molar-refractivity contribution in [1.82, 2.24) is 9.88 Å². The van der Waals surface area contributed by atoms with Gasteiger partial charge in [0.15, 0.2) is 0 Å². The number of carbonyl (C=O) groups is 2. The Morgan fingerprint density at radius 2 is 2.03 bits per heavy atom. The van der Waals surface area contributed by atoms with Gasteiger partial charge >= 0.3 is 5.97 Å². The summed E-state index contributed by atoms with van der Waals surface area (Å²) in [5.74, 6) is -0.296. The van der Waals surface area contributed by atoms with Crippen molar-refractivity contribution in [2.24, 2.45) is 0 Å². The van der Waals surface area contributed by atoms with Crippen molar-refractivity contribution < 1.29 is 18.7 Å². The zero-order valence-corrected chi connectivity index (χ0v) is 16.9. The molecular formula is C23H21N3O4. The van der Waals surface area contributed by atoms with Crippen LogP contribution in [0.25, 0.3) is 11.8 Å². The van der Waals surface area contributed by atoms with Gasteiger partial charge in [0, 0.05) is 17.1 Å². The van der Waals surface area contributed by atoms with E-state index in [4.69, 9.17) is 9.15 Å². The van der Waals surface area contributed by atoms with E-state index in [0.29, 0.717) is 11.3 Å². The predicted octanol–water partition coefficient (Wildman–Crippen LogP) is 3.70. The molecule has 0 fully saturated rings. The first kappa shape index (κ1) is 20.7. The largest absolute Gasteiger partial charge is 0.467 e. The molecule has 0 atom stereocenters. The molecule has 0 saturated carbocycles. The van der Waals surface area contributed by atoms with E-state index in [9.17, 15) is 14.9 Å². The highest BCUT2D eigenvalue weighted by molar-refractivity contribution is 6.01. The Balaban J connectivity index is 1.89. The Bertz CT molecular complexity index is 1150. The Morgan fingerprint density at radius 1 is 1.23 bits per heavy atom. The SMILES string of the molecule is COC(=O)c1cccc(-n2c(C)cc(C=C(C#N)C(=O)NCc3ccco3)c2C)c1. The van der Waals surface area contributed by atoms with E-state index in [1.807, 2.05) is 36.6 Å². The van der Waals surface area contributed by atoms with E-state index in [0.717, 1.165) is 22.6 Å². The van der Waals surface area contributed by atoms with Crippen LogP contribution in [-0.2, 0) is 16.1 Å². The van der Waals surface area contributed by atoms with Crippen molar-refractivity contribution in [1.29, 1.82) is 5.26 Å². The lowest BCUT2D eigenvalue weighted by atomic mass is 10.1. The van der Waals surface area contributed by atoms with Crippen LogP contribution < -0.4 is 5.32 Å². The van der Waals surface area contributed by atoms with Crippen LogP contribution in [0.4, 0.5) is 0 Å². The van der Waals surface area contributed by atoms with Crippen LogP contribution in [0.2, 0.25) is 0 Å². The number of nitrogens with one attached hydrogen (secondary N) is 1. The quantitative estimate of drug-likeness (QED) is 0.385. The smallest absolute Gasteiger partial charge is 0.337 e. The third-order valence-electron chi connectivity index (χ3n) is 4.66. The Hall–Kier alpha value is -4.05. The van der Waals surface area contributed by atoms with Crippen molar-refractivity contribution in [3.05, 3.63) is 82.6 Å². The number of amides is 1. The highest BCUT2D eigenvalue weighted by Crippen LogP contribution is 2.23. The first-order valence-corrected chi connectivity index (χ1v) is 9.24. The van der Waals surface area contributed by atoms with Gasteiger partial charge in [0.25, 0.3) is 5.91 Å². The average Bonchev–Trinajstić information content (AvgIpc) is 3.37. The van der Waals surface area contributed by atoms with Gasteiger partial charge in [0.2, 0.25) is 0 Å². The molecule has 1 N–H and O–H groups in total. The molecule has 152 valence electrons. The second-order valence-corrected chi connectivity index (χ2v) is 6.64. The van der Waals surface area contributed by atoms with E-state index < -0.39 is 11.9 Å². The number of carbonyl (C=O) groups excluding carboxylic acids is 2. The Kier molecular flexibility index (Phi) is 6.18. The fraction of sp³-hybridized carbons (Fsp3) is 0.174. The second kappa shape index (κ2) is 8.97. The van der Waals surface area contributed by atoms with Crippen LogP contribution >= 0.6 is 0 Å². The molecule has 0 saturated heterocycles. The van der Waals surface area contributed by atoms with Gasteiger partial charge in [-0.05, 0) is 61.9 Å². The highest BCUT2D eigenvalue weighted by Gasteiger charge is 2.15. The van der Waals surface area contributed by atoms with Crippen molar-refractivity contribution >= 4 is 18.0 Å². The molecule has 2 aromatic heterocycles. The second-order valence-electron chi connectivity index (χ2n) is 6.64. The molecule has 1 amide bonds. The molecule has 0 bridgehead atoms.